The molecule has 0 spiro atoms. The van der Waals surface area contributed by atoms with Crippen LogP contribution in [-0.4, -0.2) is 59.8 Å². The Morgan fingerprint density at radius 3 is 2.81 bits per heavy atom. The molecular weight excluding hydrogens is 340 g/mol. The molecule has 0 bridgehead atoms. The number of rotatable bonds is 9. The molecule has 8 nitrogen and oxygen atoms in total. The van der Waals surface area contributed by atoms with Gasteiger partial charge in [0.15, 0.2) is 0 Å². The van der Waals surface area contributed by atoms with Gasteiger partial charge in [0.1, 0.15) is 24.5 Å². The number of aliphatic hydroxyl groups is 1. The Morgan fingerprint density at radius 2 is 2.12 bits per heavy atom. The van der Waals surface area contributed by atoms with Crippen LogP contribution >= 0.6 is 0 Å². The standard InChI is InChI=1S/C18H24N2O6/c1-3-6-15-16(22)20(18(24)19-15)10-13(21)11-26-14-8-5-7-12(9-14)17(23)25-4-2/h5,7-9,13,15,21H,3-4,6,10-11H2,1-2H3,(H,19,24)/t13-,15+/m0/s1. The number of benzene rings is 1. The van der Waals surface area contributed by atoms with Gasteiger partial charge in [-0.2, -0.15) is 0 Å². The summed E-state index contributed by atoms with van der Waals surface area (Å²) in [5.41, 5.74) is 0.343. The third-order valence-electron chi connectivity index (χ3n) is 3.87. The van der Waals surface area contributed by atoms with Gasteiger partial charge in [0, 0.05) is 0 Å². The van der Waals surface area contributed by atoms with E-state index in [0.717, 1.165) is 11.3 Å². The Kier molecular flexibility index (Phi) is 6.97. The molecule has 1 aromatic carbocycles. The van der Waals surface area contributed by atoms with Crippen LogP contribution in [-0.2, 0) is 9.53 Å². The lowest BCUT2D eigenvalue weighted by atomic mass is 10.1. The maximum Gasteiger partial charge on any atom is 0.338 e. The number of hydrogen-bond acceptors (Lipinski definition) is 6. The van der Waals surface area contributed by atoms with Gasteiger partial charge in [0.2, 0.25) is 0 Å². The number of imide groups is 1. The molecule has 26 heavy (non-hydrogen) atoms. The summed E-state index contributed by atoms with van der Waals surface area (Å²) < 4.78 is 10.4. The predicted molar refractivity (Wildman–Crippen MR) is 92.8 cm³/mol. The van der Waals surface area contributed by atoms with Crippen LogP contribution in [0.15, 0.2) is 24.3 Å². The van der Waals surface area contributed by atoms with Gasteiger partial charge in [-0.3, -0.25) is 9.69 Å². The van der Waals surface area contributed by atoms with Crippen LogP contribution in [0, 0.1) is 0 Å². The van der Waals surface area contributed by atoms with E-state index < -0.39 is 24.1 Å². The highest BCUT2D eigenvalue weighted by atomic mass is 16.5. The van der Waals surface area contributed by atoms with E-state index in [0.29, 0.717) is 17.7 Å². The Morgan fingerprint density at radius 1 is 1.35 bits per heavy atom. The number of carbonyl (C=O) groups excluding carboxylic acids is 3. The van der Waals surface area contributed by atoms with Crippen molar-refractivity contribution in [3.8, 4) is 5.75 Å². The monoisotopic (exact) mass is 364 g/mol. The van der Waals surface area contributed by atoms with Crippen LogP contribution in [0.1, 0.15) is 37.0 Å². The minimum absolute atomic E-state index is 0.123. The van der Waals surface area contributed by atoms with Crippen molar-refractivity contribution in [1.82, 2.24) is 10.2 Å². The highest BCUT2D eigenvalue weighted by Crippen LogP contribution is 2.16. The second kappa shape index (κ2) is 9.19. The molecule has 8 heteroatoms. The van der Waals surface area contributed by atoms with E-state index in [1.807, 2.05) is 6.92 Å². The maximum atomic E-state index is 12.1. The summed E-state index contributed by atoms with van der Waals surface area (Å²) in [6.07, 6.45) is 0.290. The summed E-state index contributed by atoms with van der Waals surface area (Å²) in [6.45, 7) is 3.64. The molecule has 0 aliphatic carbocycles. The minimum atomic E-state index is -1.05. The Bertz CT molecular complexity index is 663. The molecule has 1 aromatic rings. The van der Waals surface area contributed by atoms with Crippen LogP contribution in [0.2, 0.25) is 0 Å². The molecule has 0 saturated carbocycles. The zero-order chi connectivity index (χ0) is 19.1. The third-order valence-corrected chi connectivity index (χ3v) is 3.87. The van der Waals surface area contributed by atoms with Crippen molar-refractivity contribution in [3.05, 3.63) is 29.8 Å². The van der Waals surface area contributed by atoms with Crippen molar-refractivity contribution in [2.75, 3.05) is 19.8 Å². The summed E-state index contributed by atoms with van der Waals surface area (Å²) in [6, 6.07) is 5.36. The van der Waals surface area contributed by atoms with Crippen LogP contribution in [0.4, 0.5) is 4.79 Å². The van der Waals surface area contributed by atoms with Crippen LogP contribution in [0.3, 0.4) is 0 Å². The highest BCUT2D eigenvalue weighted by Gasteiger charge is 2.38. The molecule has 3 amide bonds. The van der Waals surface area contributed by atoms with E-state index in [2.05, 4.69) is 5.32 Å². The lowest BCUT2D eigenvalue weighted by Crippen LogP contribution is -2.40. The predicted octanol–water partition coefficient (Wildman–Crippen LogP) is 1.32. The average molecular weight is 364 g/mol. The number of amides is 3. The van der Waals surface area contributed by atoms with E-state index in [1.165, 1.54) is 6.07 Å². The molecule has 1 saturated heterocycles. The molecular formula is C18H24N2O6. The SMILES string of the molecule is CCC[C@H]1NC(=O)N(C[C@H](O)COc2cccc(C(=O)OCC)c2)C1=O. The van der Waals surface area contributed by atoms with Gasteiger partial charge >= 0.3 is 12.0 Å². The fraction of sp³-hybridized carbons (Fsp3) is 0.500. The molecule has 1 aliphatic rings. The van der Waals surface area contributed by atoms with Crippen LogP contribution in [0.5, 0.6) is 5.75 Å². The number of nitrogens with one attached hydrogen (secondary N) is 1. The fourth-order valence-corrected chi connectivity index (χ4v) is 2.62. The van der Waals surface area contributed by atoms with Gasteiger partial charge in [-0.05, 0) is 31.5 Å². The molecule has 1 fully saturated rings. The number of nitrogens with zero attached hydrogens (tertiary/aromatic N) is 1. The number of carbonyl (C=O) groups is 3. The molecule has 2 rings (SSSR count). The lowest BCUT2D eigenvalue weighted by molar-refractivity contribution is -0.128. The van der Waals surface area contributed by atoms with Crippen LogP contribution in [0.25, 0.3) is 0 Å². The van der Waals surface area contributed by atoms with Gasteiger partial charge < -0.3 is 19.9 Å². The number of esters is 1. The van der Waals surface area contributed by atoms with Gasteiger partial charge in [-0.25, -0.2) is 9.59 Å². The summed E-state index contributed by atoms with van der Waals surface area (Å²) in [5, 5.41) is 12.7. The summed E-state index contributed by atoms with van der Waals surface area (Å²) in [5.74, 6) is -0.407. The normalized spacial score (nSPS) is 17.8. The molecule has 0 radical (unpaired) electrons. The second-order valence-electron chi connectivity index (χ2n) is 5.95. The topological polar surface area (TPSA) is 105 Å². The van der Waals surface area contributed by atoms with E-state index >= 15 is 0 Å². The van der Waals surface area contributed by atoms with Crippen molar-refractivity contribution in [1.29, 1.82) is 0 Å². The number of ether oxygens (including phenoxy) is 2. The molecule has 1 aliphatic heterocycles. The van der Waals surface area contributed by atoms with Gasteiger partial charge in [-0.1, -0.05) is 19.4 Å². The van der Waals surface area contributed by atoms with Crippen molar-refractivity contribution in [2.45, 2.75) is 38.8 Å². The first-order valence-corrected chi connectivity index (χ1v) is 8.66. The minimum Gasteiger partial charge on any atom is -0.491 e. The Labute approximate surface area is 152 Å². The number of β-amino-alcohol motifs (C(OH)–C–C–N with tert-alkyl or cyclic N) is 1. The molecule has 2 atom stereocenters. The first-order valence-electron chi connectivity index (χ1n) is 8.66. The largest absolute Gasteiger partial charge is 0.491 e. The van der Waals surface area contributed by atoms with Gasteiger partial charge in [0.25, 0.3) is 5.91 Å². The van der Waals surface area contributed by atoms with E-state index in [4.69, 9.17) is 9.47 Å². The second-order valence-corrected chi connectivity index (χ2v) is 5.95. The highest BCUT2D eigenvalue weighted by molar-refractivity contribution is 6.04. The van der Waals surface area contributed by atoms with Crippen molar-refractivity contribution >= 4 is 17.9 Å². The van der Waals surface area contributed by atoms with E-state index in [1.54, 1.807) is 25.1 Å². The summed E-state index contributed by atoms with van der Waals surface area (Å²) in [4.78, 5) is 36.7. The van der Waals surface area contributed by atoms with E-state index in [-0.39, 0.29) is 25.7 Å². The van der Waals surface area contributed by atoms with Crippen molar-refractivity contribution < 1.29 is 29.0 Å². The number of urea groups is 1. The zero-order valence-electron chi connectivity index (χ0n) is 14.9. The quantitative estimate of drug-likeness (QED) is 0.506. The van der Waals surface area contributed by atoms with Crippen LogP contribution < -0.4 is 10.1 Å². The number of aliphatic hydroxyl groups excluding tert-OH is 1. The molecule has 142 valence electrons. The molecule has 1 heterocycles. The Balaban J connectivity index is 1.88. The maximum absolute atomic E-state index is 12.1. The average Bonchev–Trinajstić information content (AvgIpc) is 2.88. The molecule has 0 unspecified atom stereocenters. The summed E-state index contributed by atoms with van der Waals surface area (Å²) >= 11 is 0. The zero-order valence-corrected chi connectivity index (χ0v) is 14.9. The van der Waals surface area contributed by atoms with Gasteiger partial charge in [-0.15, -0.1) is 0 Å². The smallest absolute Gasteiger partial charge is 0.338 e. The van der Waals surface area contributed by atoms with Crippen molar-refractivity contribution in [2.24, 2.45) is 0 Å². The first kappa shape index (κ1) is 19.7. The molecule has 0 aromatic heterocycles. The Hall–Kier alpha value is -2.61. The van der Waals surface area contributed by atoms with E-state index in [9.17, 15) is 19.5 Å². The summed E-state index contributed by atoms with van der Waals surface area (Å²) in [7, 11) is 0. The van der Waals surface area contributed by atoms with Crippen molar-refractivity contribution in [3.63, 3.8) is 0 Å². The van der Waals surface area contributed by atoms with Gasteiger partial charge in [0.05, 0.1) is 18.7 Å². The lowest BCUT2D eigenvalue weighted by Gasteiger charge is -2.18. The number of hydrogen-bond donors (Lipinski definition) is 2. The molecule has 2 N–H and O–H groups in total. The first-order chi connectivity index (χ1) is 12.5. The third kappa shape index (κ3) is 4.95. The fourth-order valence-electron chi connectivity index (χ4n) is 2.62.